The Morgan fingerprint density at radius 2 is 1.68 bits per heavy atom. The van der Waals surface area contributed by atoms with E-state index in [1.807, 2.05) is 30.5 Å². The molecule has 6 rings (SSSR count). The zero-order chi connectivity index (χ0) is 37.3. The molecule has 0 unspecified atom stereocenters. The summed E-state index contributed by atoms with van der Waals surface area (Å²) in [6.45, 7) is -0.514. The molecule has 0 radical (unpaired) electrons. The van der Waals surface area contributed by atoms with Crippen LogP contribution < -0.4 is 15.0 Å². The van der Waals surface area contributed by atoms with Gasteiger partial charge >= 0.3 is 16.9 Å². The van der Waals surface area contributed by atoms with Crippen molar-refractivity contribution in [3.05, 3.63) is 132 Å². The third-order valence-corrected chi connectivity index (χ3v) is 11.0. The van der Waals surface area contributed by atoms with E-state index in [9.17, 15) is 26.8 Å². The van der Waals surface area contributed by atoms with Gasteiger partial charge in [0.1, 0.15) is 17.3 Å². The molecule has 0 aliphatic heterocycles. The highest BCUT2D eigenvalue weighted by Crippen LogP contribution is 2.25. The topological polar surface area (TPSA) is 216 Å². The van der Waals surface area contributed by atoms with Gasteiger partial charge in [-0.25, -0.2) is 26.5 Å². The van der Waals surface area contributed by atoms with Crippen LogP contribution >= 0.6 is 0 Å². The van der Waals surface area contributed by atoms with Gasteiger partial charge in [-0.05, 0) is 65.1 Å². The van der Waals surface area contributed by atoms with Gasteiger partial charge in [0.25, 0.3) is 9.84 Å². The fourth-order valence-corrected chi connectivity index (χ4v) is 7.63. The predicted molar refractivity (Wildman–Crippen MR) is 185 cm³/mol. The van der Waals surface area contributed by atoms with Gasteiger partial charge < -0.3 is 20.0 Å². The van der Waals surface area contributed by atoms with Crippen LogP contribution in [-0.4, -0.2) is 71.8 Å². The molecule has 274 valence electrons. The molecule has 17 nitrogen and oxygen atoms in total. The molecule has 1 N–H and O–H groups in total. The average Bonchev–Trinajstić information content (AvgIpc) is 3.85. The maximum Gasteiger partial charge on any atom is 0.414 e. The van der Waals surface area contributed by atoms with Crippen molar-refractivity contribution in [2.75, 3.05) is 25.1 Å². The highest BCUT2D eigenvalue weighted by atomic mass is 32.2. The second kappa shape index (κ2) is 16.4. The summed E-state index contributed by atoms with van der Waals surface area (Å²) in [5.74, 6) is -0.824. The number of nitrogens with zero attached hydrogens (tertiary/aromatic N) is 7. The maximum absolute atomic E-state index is 13.8. The van der Waals surface area contributed by atoms with E-state index >= 15 is 0 Å². The summed E-state index contributed by atoms with van der Waals surface area (Å²) in [5, 5.41) is 21.7. The molecule has 0 atom stereocenters. The number of nitrogens with one attached hydrogen (secondary N) is 1. The van der Waals surface area contributed by atoms with Gasteiger partial charge in [0.15, 0.2) is 0 Å². The van der Waals surface area contributed by atoms with E-state index < -0.39 is 36.7 Å². The van der Waals surface area contributed by atoms with Gasteiger partial charge in [-0.1, -0.05) is 36.4 Å². The van der Waals surface area contributed by atoms with Crippen LogP contribution in [0.3, 0.4) is 0 Å². The molecule has 0 bridgehead atoms. The van der Waals surface area contributed by atoms with E-state index in [0.717, 1.165) is 11.3 Å². The fourth-order valence-electron chi connectivity index (χ4n) is 4.97. The highest BCUT2D eigenvalue weighted by Gasteiger charge is 2.35. The number of hydrogen-bond acceptors (Lipinski definition) is 14. The minimum absolute atomic E-state index is 0.0308. The minimum atomic E-state index is -4.27. The molecule has 0 aliphatic carbocycles. The third-order valence-electron chi connectivity index (χ3n) is 7.54. The molecule has 0 aliphatic rings. The standard InChI is InChI=1S/C34H32N8O9S2/c43-32(49-20-7-21-50-33-34(42(44)51-39-33)52(45,46)29-9-2-1-3-10-29)23-36-31-12-4-8-27(38-31)25-40(53(47,48)30-11-5-17-35-22-30)24-26-13-15-28(16-14-26)41-19-6-18-37-41/h1-6,8-19,22H,7,20-21,23-25H2,(H,36,38). The lowest BCUT2D eigenvalue weighted by molar-refractivity contribution is -0.832. The minimum Gasteiger partial charge on any atom is -0.464 e. The van der Waals surface area contributed by atoms with E-state index in [-0.39, 0.29) is 54.0 Å². The number of aromatic nitrogens is 6. The van der Waals surface area contributed by atoms with E-state index in [4.69, 9.17) is 9.47 Å². The van der Waals surface area contributed by atoms with Gasteiger partial charge in [0, 0.05) is 37.8 Å². The highest BCUT2D eigenvalue weighted by molar-refractivity contribution is 7.91. The first-order valence-electron chi connectivity index (χ1n) is 16.0. The molecule has 0 saturated carbocycles. The van der Waals surface area contributed by atoms with E-state index in [1.165, 1.54) is 47.0 Å². The predicted octanol–water partition coefficient (Wildman–Crippen LogP) is 2.93. The molecule has 6 aromatic rings. The summed E-state index contributed by atoms with van der Waals surface area (Å²) in [7, 11) is -8.26. The number of anilines is 1. The molecule has 0 saturated heterocycles. The number of sulfonamides is 1. The van der Waals surface area contributed by atoms with Crippen molar-refractivity contribution in [1.82, 2.24) is 29.2 Å². The Labute approximate surface area is 303 Å². The van der Waals surface area contributed by atoms with Crippen LogP contribution in [0.15, 0.2) is 135 Å². The zero-order valence-corrected chi connectivity index (χ0v) is 29.5. The number of pyridine rings is 2. The Balaban J connectivity index is 1.03. The van der Waals surface area contributed by atoms with Crippen molar-refractivity contribution in [1.29, 1.82) is 0 Å². The van der Waals surface area contributed by atoms with Crippen LogP contribution in [0.25, 0.3) is 5.69 Å². The van der Waals surface area contributed by atoms with Crippen molar-refractivity contribution in [3.8, 4) is 11.6 Å². The third kappa shape index (κ3) is 9.01. The van der Waals surface area contributed by atoms with Gasteiger partial charge in [0.05, 0.1) is 41.2 Å². The summed E-state index contributed by atoms with van der Waals surface area (Å²) in [6.07, 6.45) is 6.40. The summed E-state index contributed by atoms with van der Waals surface area (Å²) in [6, 6.07) is 24.4. The molecule has 4 aromatic heterocycles. The first-order chi connectivity index (χ1) is 25.6. The molecule has 0 amide bonds. The van der Waals surface area contributed by atoms with Crippen molar-refractivity contribution in [2.24, 2.45) is 0 Å². The average molecular weight is 761 g/mol. The number of esters is 1. The monoisotopic (exact) mass is 760 g/mol. The smallest absolute Gasteiger partial charge is 0.414 e. The Morgan fingerprint density at radius 3 is 2.42 bits per heavy atom. The normalized spacial score (nSPS) is 11.7. The Bertz CT molecular complexity index is 2340. The molecule has 53 heavy (non-hydrogen) atoms. The van der Waals surface area contributed by atoms with Gasteiger partial charge in [-0.3, -0.25) is 14.4 Å². The van der Waals surface area contributed by atoms with Crippen LogP contribution in [0.5, 0.6) is 5.88 Å². The molecule has 0 fully saturated rings. The summed E-state index contributed by atoms with van der Waals surface area (Å²) in [5.41, 5.74) is 1.98. The summed E-state index contributed by atoms with van der Waals surface area (Å²) < 4.78 is 71.3. The first-order valence-corrected chi connectivity index (χ1v) is 18.9. The van der Waals surface area contributed by atoms with Crippen LogP contribution in [0, 0.1) is 5.21 Å². The maximum atomic E-state index is 13.8. The quantitative estimate of drug-likeness (QED) is 0.0804. The van der Waals surface area contributed by atoms with Crippen LogP contribution in [0.1, 0.15) is 17.7 Å². The molecule has 4 heterocycles. The van der Waals surface area contributed by atoms with Crippen LogP contribution in [0.4, 0.5) is 5.82 Å². The number of carbonyl (C=O) groups is 1. The molecule has 2 aromatic carbocycles. The Morgan fingerprint density at radius 1 is 0.887 bits per heavy atom. The lowest BCUT2D eigenvalue weighted by atomic mass is 10.2. The Hall–Kier alpha value is -6.18. The molecule has 19 heteroatoms. The number of benzene rings is 2. The number of ether oxygens (including phenoxy) is 2. The number of rotatable bonds is 17. The van der Waals surface area contributed by atoms with E-state index in [2.05, 4.69) is 30.2 Å². The summed E-state index contributed by atoms with van der Waals surface area (Å²) in [4.78, 5) is 20.6. The fraction of sp³-hybridized carbons (Fsp3) is 0.176. The lowest BCUT2D eigenvalue weighted by Crippen LogP contribution is -2.31. The number of hydrogen-bond donors (Lipinski definition) is 1. The van der Waals surface area contributed by atoms with Crippen molar-refractivity contribution < 1.29 is 40.6 Å². The second-order valence-corrected chi connectivity index (χ2v) is 15.0. The van der Waals surface area contributed by atoms with Gasteiger partial charge in [0.2, 0.25) is 10.0 Å². The van der Waals surface area contributed by atoms with Crippen LogP contribution in [-0.2, 0) is 42.5 Å². The largest absolute Gasteiger partial charge is 0.464 e. The zero-order valence-electron chi connectivity index (χ0n) is 27.8. The number of carbonyl (C=O) groups excluding carboxylic acids is 1. The van der Waals surface area contributed by atoms with Crippen LogP contribution in [0.2, 0.25) is 0 Å². The molecule has 0 spiro atoms. The Kier molecular flexibility index (Phi) is 11.4. The van der Waals surface area contributed by atoms with Crippen molar-refractivity contribution in [2.45, 2.75) is 34.3 Å². The van der Waals surface area contributed by atoms with Crippen molar-refractivity contribution in [3.63, 3.8) is 0 Å². The van der Waals surface area contributed by atoms with E-state index in [1.54, 1.807) is 47.3 Å². The SMILES string of the molecule is O=C(CNc1cccc(CN(Cc2ccc(-n3cccn3)cc2)S(=O)(=O)c2cccnc2)n1)OCCCOc1no[n+]([O-])c1S(=O)(=O)c1ccccc1. The van der Waals surface area contributed by atoms with Gasteiger partial charge in [-0.2, -0.15) is 9.40 Å². The van der Waals surface area contributed by atoms with Crippen molar-refractivity contribution >= 4 is 31.6 Å². The van der Waals surface area contributed by atoms with E-state index in [0.29, 0.717) is 11.5 Å². The van der Waals surface area contributed by atoms with Gasteiger partial charge in [-0.15, -0.1) is 0 Å². The summed E-state index contributed by atoms with van der Waals surface area (Å²) >= 11 is 0. The first kappa shape index (κ1) is 36.6. The molecular weight excluding hydrogens is 729 g/mol. The number of sulfone groups is 1. The molecular formula is C34H32N8O9S2. The second-order valence-electron chi connectivity index (χ2n) is 11.2. The lowest BCUT2D eigenvalue weighted by Gasteiger charge is -2.22.